The molecule has 1 heterocycles. The zero-order valence-corrected chi connectivity index (χ0v) is 9.33. The first-order valence-corrected chi connectivity index (χ1v) is 5.49. The van der Waals surface area contributed by atoms with E-state index < -0.39 is 7.25 Å². The number of aromatic amines is 1. The fraction of sp³-hybridized carbons (Fsp3) is 0.222. The van der Waals surface area contributed by atoms with Crippen LogP contribution in [-0.2, 0) is 6.42 Å². The zero-order valence-electron chi connectivity index (χ0n) is 8.51. The van der Waals surface area contributed by atoms with Gasteiger partial charge in [0.1, 0.15) is 4.70 Å². The number of hydrogen-bond donors (Lipinski definition) is 0. The first-order chi connectivity index (χ1) is 7.40. The highest BCUT2D eigenvalue weighted by molar-refractivity contribution is 7.18. The highest BCUT2D eigenvalue weighted by Gasteiger charge is 2.20. The summed E-state index contributed by atoms with van der Waals surface area (Å²) in [6.07, 6.45) is 1.10. The number of rotatable bonds is 1. The van der Waals surface area contributed by atoms with Crippen molar-refractivity contribution in [1.29, 1.82) is 0 Å². The van der Waals surface area contributed by atoms with Crippen molar-refractivity contribution in [3.63, 3.8) is 0 Å². The quantitative estimate of drug-likeness (QED) is 0.543. The molecule has 1 N–H and O–H groups in total. The van der Waals surface area contributed by atoms with Crippen LogP contribution in [0, 0.1) is 0 Å². The molecule has 0 aliphatic rings. The standard InChI is InChI=1S/C9H9NS.BF4/c1-2-9-10-7-5-3-4-6-8(7)11-9;2-1(3,4)5/h3-6H,2H2,1H3;/q;-1/p+1. The molecule has 0 radical (unpaired) electrons. The average Bonchev–Trinajstić information content (AvgIpc) is 2.57. The van der Waals surface area contributed by atoms with E-state index in [4.69, 9.17) is 0 Å². The maximum absolute atomic E-state index is 9.75. The van der Waals surface area contributed by atoms with Crippen molar-refractivity contribution in [3.05, 3.63) is 29.3 Å². The topological polar surface area (TPSA) is 14.1 Å². The molecule has 1 aromatic carbocycles. The van der Waals surface area contributed by atoms with E-state index in [1.54, 1.807) is 0 Å². The third-order valence-corrected chi connectivity index (χ3v) is 2.93. The van der Waals surface area contributed by atoms with E-state index in [-0.39, 0.29) is 0 Å². The minimum Gasteiger partial charge on any atom is -0.418 e. The number of fused-ring (bicyclic) bond motifs is 1. The van der Waals surface area contributed by atoms with E-state index in [2.05, 4.69) is 36.2 Å². The summed E-state index contributed by atoms with van der Waals surface area (Å²) >= 11 is 1.84. The third-order valence-electron chi connectivity index (χ3n) is 1.72. The summed E-state index contributed by atoms with van der Waals surface area (Å²) in [4.78, 5) is 3.36. The fourth-order valence-electron chi connectivity index (χ4n) is 1.13. The van der Waals surface area contributed by atoms with Gasteiger partial charge in [-0.1, -0.05) is 30.4 Å². The Morgan fingerprint density at radius 1 is 1.19 bits per heavy atom. The molecule has 0 saturated heterocycles. The highest BCUT2D eigenvalue weighted by Crippen LogP contribution is 2.17. The van der Waals surface area contributed by atoms with Gasteiger partial charge >= 0.3 is 7.25 Å². The smallest absolute Gasteiger partial charge is 0.418 e. The number of para-hydroxylation sites is 1. The molecular weight excluding hydrogens is 241 g/mol. The lowest BCUT2D eigenvalue weighted by Crippen LogP contribution is -2.02. The summed E-state index contributed by atoms with van der Waals surface area (Å²) in [5.41, 5.74) is 1.26. The summed E-state index contributed by atoms with van der Waals surface area (Å²) < 4.78 is 40.4. The molecule has 0 atom stereocenters. The van der Waals surface area contributed by atoms with Gasteiger partial charge in [-0.25, -0.2) is 0 Å². The predicted octanol–water partition coefficient (Wildman–Crippen LogP) is 3.58. The molecule has 1 aromatic heterocycles. The molecule has 0 aliphatic carbocycles. The van der Waals surface area contributed by atoms with Crippen molar-refractivity contribution >= 4 is 28.8 Å². The van der Waals surface area contributed by atoms with Gasteiger partial charge in [-0.2, -0.15) is 4.98 Å². The monoisotopic (exact) mass is 251 g/mol. The lowest BCUT2D eigenvalue weighted by Gasteiger charge is -1.94. The summed E-state index contributed by atoms with van der Waals surface area (Å²) in [5.74, 6) is 0. The van der Waals surface area contributed by atoms with E-state index in [1.165, 1.54) is 15.2 Å². The molecule has 2 rings (SSSR count). The van der Waals surface area contributed by atoms with Gasteiger partial charge in [-0.3, -0.25) is 0 Å². The van der Waals surface area contributed by atoms with Gasteiger partial charge in [0, 0.05) is 12.5 Å². The van der Waals surface area contributed by atoms with Gasteiger partial charge in [-0.15, -0.1) is 0 Å². The van der Waals surface area contributed by atoms with Crippen LogP contribution < -0.4 is 4.98 Å². The third kappa shape index (κ3) is 4.61. The van der Waals surface area contributed by atoms with Gasteiger partial charge in [0.05, 0.1) is 0 Å². The number of aryl methyl sites for hydroxylation is 1. The maximum atomic E-state index is 9.75. The lowest BCUT2D eigenvalue weighted by atomic mass is 10.3. The molecule has 0 spiro atoms. The summed E-state index contributed by atoms with van der Waals surface area (Å²) in [6, 6.07) is 8.40. The lowest BCUT2D eigenvalue weighted by molar-refractivity contribution is -0.350. The molecule has 2 aromatic rings. The van der Waals surface area contributed by atoms with Crippen LogP contribution in [-0.4, -0.2) is 7.25 Å². The predicted molar refractivity (Wildman–Crippen MR) is 57.9 cm³/mol. The van der Waals surface area contributed by atoms with Gasteiger partial charge in [0.15, 0.2) is 0 Å². The number of halogens is 4. The second kappa shape index (κ2) is 5.29. The number of benzene rings is 1. The summed E-state index contributed by atoms with van der Waals surface area (Å²) in [7, 11) is -6.00. The fourth-order valence-corrected chi connectivity index (χ4v) is 2.07. The SMILES string of the molecule is CCc1[nH+]c2ccccc2s1.F[B-](F)(F)F. The van der Waals surface area contributed by atoms with Crippen molar-refractivity contribution in [1.82, 2.24) is 0 Å². The number of aromatic nitrogens is 1. The van der Waals surface area contributed by atoms with E-state index in [0.29, 0.717) is 0 Å². The number of thiazole rings is 1. The van der Waals surface area contributed by atoms with Gasteiger partial charge in [0.25, 0.3) is 0 Å². The average molecular weight is 251 g/mol. The Morgan fingerprint density at radius 2 is 1.75 bits per heavy atom. The van der Waals surface area contributed by atoms with Gasteiger partial charge in [0.2, 0.25) is 10.5 Å². The summed E-state index contributed by atoms with van der Waals surface area (Å²) in [5, 5.41) is 1.35. The van der Waals surface area contributed by atoms with Crippen LogP contribution in [0.15, 0.2) is 24.3 Å². The minimum absolute atomic E-state index is 1.10. The van der Waals surface area contributed by atoms with E-state index in [1.807, 2.05) is 11.3 Å². The van der Waals surface area contributed by atoms with E-state index >= 15 is 0 Å². The number of nitrogens with one attached hydrogen (secondary N) is 1. The van der Waals surface area contributed by atoms with Crippen LogP contribution in [0.3, 0.4) is 0 Å². The Kier molecular flexibility index (Phi) is 4.29. The van der Waals surface area contributed by atoms with Gasteiger partial charge < -0.3 is 17.3 Å². The molecule has 0 amide bonds. The van der Waals surface area contributed by atoms with Crippen LogP contribution in [0.5, 0.6) is 0 Å². The van der Waals surface area contributed by atoms with Crippen molar-refractivity contribution < 1.29 is 22.2 Å². The molecule has 1 nitrogen and oxygen atoms in total. The maximum Gasteiger partial charge on any atom is 0.673 e. The Labute approximate surface area is 94.2 Å². The van der Waals surface area contributed by atoms with Crippen molar-refractivity contribution in [3.8, 4) is 0 Å². The van der Waals surface area contributed by atoms with Crippen LogP contribution >= 0.6 is 11.3 Å². The zero-order chi connectivity index (χ0) is 12.2. The molecule has 88 valence electrons. The highest BCUT2D eigenvalue weighted by atomic mass is 32.1. The van der Waals surface area contributed by atoms with Gasteiger partial charge in [-0.05, 0) is 6.07 Å². The van der Waals surface area contributed by atoms with Crippen molar-refractivity contribution in [2.45, 2.75) is 13.3 Å². The number of hydrogen-bond acceptors (Lipinski definition) is 1. The van der Waals surface area contributed by atoms with Crippen molar-refractivity contribution in [2.75, 3.05) is 0 Å². The Hall–Kier alpha value is -1.11. The normalized spacial score (nSPS) is 11.1. The molecule has 7 heteroatoms. The summed E-state index contributed by atoms with van der Waals surface area (Å²) in [6.45, 7) is 2.17. The largest absolute Gasteiger partial charge is 0.673 e. The second-order valence-electron chi connectivity index (χ2n) is 2.99. The molecule has 0 unspecified atom stereocenters. The van der Waals surface area contributed by atoms with E-state index in [9.17, 15) is 17.3 Å². The molecule has 16 heavy (non-hydrogen) atoms. The molecule has 0 bridgehead atoms. The Morgan fingerprint density at radius 3 is 2.25 bits per heavy atom. The first-order valence-electron chi connectivity index (χ1n) is 4.67. The Bertz CT molecular complexity index is 415. The van der Waals surface area contributed by atoms with Crippen LogP contribution in [0.25, 0.3) is 10.2 Å². The second-order valence-corrected chi connectivity index (χ2v) is 4.13. The molecular formula is C9H10BF4NS. The molecule has 0 fully saturated rings. The van der Waals surface area contributed by atoms with Crippen LogP contribution in [0.1, 0.15) is 11.9 Å². The number of H-pyrrole nitrogens is 1. The van der Waals surface area contributed by atoms with Crippen LogP contribution in [0.4, 0.5) is 17.3 Å². The molecule has 0 saturated carbocycles. The van der Waals surface area contributed by atoms with Crippen LogP contribution in [0.2, 0.25) is 0 Å². The minimum atomic E-state index is -6.00. The first kappa shape index (κ1) is 13.0. The Balaban J connectivity index is 0.000000221. The van der Waals surface area contributed by atoms with E-state index in [0.717, 1.165) is 6.42 Å². The van der Waals surface area contributed by atoms with Crippen molar-refractivity contribution in [2.24, 2.45) is 0 Å². The molecule has 0 aliphatic heterocycles.